The Morgan fingerprint density at radius 1 is 1.19 bits per heavy atom. The van der Waals surface area contributed by atoms with Crippen molar-refractivity contribution < 1.29 is 9.21 Å². The summed E-state index contributed by atoms with van der Waals surface area (Å²) in [5.74, 6) is 0.694. The first-order valence-corrected chi connectivity index (χ1v) is 9.50. The lowest BCUT2D eigenvalue weighted by Gasteiger charge is -2.22. The van der Waals surface area contributed by atoms with Gasteiger partial charge in [-0.1, -0.05) is 24.3 Å². The summed E-state index contributed by atoms with van der Waals surface area (Å²) < 4.78 is 5.93. The highest BCUT2D eigenvalue weighted by Crippen LogP contribution is 2.31. The Morgan fingerprint density at radius 2 is 1.96 bits per heavy atom. The first kappa shape index (κ1) is 17.4. The molecule has 0 aliphatic heterocycles. The van der Waals surface area contributed by atoms with Crippen LogP contribution in [0.1, 0.15) is 34.1 Å². The van der Waals surface area contributed by atoms with Crippen LogP contribution in [0.3, 0.4) is 0 Å². The van der Waals surface area contributed by atoms with Gasteiger partial charge < -0.3 is 9.32 Å². The van der Waals surface area contributed by atoms with E-state index in [4.69, 9.17) is 4.42 Å². The largest absolute Gasteiger partial charge is 0.459 e. The van der Waals surface area contributed by atoms with Crippen molar-refractivity contribution >= 4 is 28.2 Å². The minimum Gasteiger partial charge on any atom is -0.459 e. The highest BCUT2D eigenvalue weighted by atomic mass is 32.1. The number of benzene rings is 1. The van der Waals surface area contributed by atoms with Crippen LogP contribution in [-0.4, -0.2) is 27.8 Å². The Labute approximate surface area is 161 Å². The fourth-order valence-electron chi connectivity index (χ4n) is 2.93. The molecular formula is C21H19N3O2S. The van der Waals surface area contributed by atoms with Gasteiger partial charge in [-0.15, -0.1) is 11.3 Å². The van der Waals surface area contributed by atoms with Crippen LogP contribution in [0, 0.1) is 6.92 Å². The van der Waals surface area contributed by atoms with E-state index in [9.17, 15) is 4.79 Å². The van der Waals surface area contributed by atoms with E-state index in [-0.39, 0.29) is 11.9 Å². The molecule has 0 saturated carbocycles. The minimum absolute atomic E-state index is 0.0693. The molecule has 0 saturated heterocycles. The molecule has 0 aliphatic rings. The number of pyridine rings is 1. The van der Waals surface area contributed by atoms with Gasteiger partial charge in [0.15, 0.2) is 0 Å². The van der Waals surface area contributed by atoms with E-state index in [1.54, 1.807) is 18.1 Å². The number of carbonyl (C=O) groups is 1. The maximum atomic E-state index is 13.1. The van der Waals surface area contributed by atoms with Gasteiger partial charge in [0.1, 0.15) is 21.2 Å². The van der Waals surface area contributed by atoms with Crippen molar-refractivity contribution in [3.63, 3.8) is 0 Å². The van der Waals surface area contributed by atoms with Gasteiger partial charge in [0, 0.05) is 18.6 Å². The summed E-state index contributed by atoms with van der Waals surface area (Å²) in [6.45, 7) is 3.82. The van der Waals surface area contributed by atoms with E-state index in [2.05, 4.69) is 9.97 Å². The molecule has 3 aromatic heterocycles. The Hall–Kier alpha value is -2.99. The highest BCUT2D eigenvalue weighted by Gasteiger charge is 2.25. The van der Waals surface area contributed by atoms with Gasteiger partial charge in [0.2, 0.25) is 0 Å². The topological polar surface area (TPSA) is 59.2 Å². The molecule has 1 aromatic carbocycles. The molecular weight excluding hydrogens is 358 g/mol. The van der Waals surface area contributed by atoms with Crippen LogP contribution >= 0.6 is 11.3 Å². The van der Waals surface area contributed by atoms with E-state index in [1.807, 2.05) is 62.4 Å². The molecule has 0 fully saturated rings. The van der Waals surface area contributed by atoms with Gasteiger partial charge in [-0.25, -0.2) is 4.98 Å². The summed E-state index contributed by atoms with van der Waals surface area (Å²) in [6.07, 6.45) is 1.73. The molecule has 0 spiro atoms. The van der Waals surface area contributed by atoms with Crippen LogP contribution in [0.25, 0.3) is 21.7 Å². The van der Waals surface area contributed by atoms with Crippen molar-refractivity contribution in [2.75, 3.05) is 7.05 Å². The van der Waals surface area contributed by atoms with Gasteiger partial charge in [-0.3, -0.25) is 9.78 Å². The molecule has 6 heteroatoms. The number of thiazole rings is 1. The second-order valence-electron chi connectivity index (χ2n) is 6.43. The molecule has 0 radical (unpaired) electrons. The normalized spacial score (nSPS) is 12.3. The third-order valence-electron chi connectivity index (χ3n) is 4.63. The first-order chi connectivity index (χ1) is 13.0. The molecule has 27 heavy (non-hydrogen) atoms. The lowest BCUT2D eigenvalue weighted by Crippen LogP contribution is -2.29. The average Bonchev–Trinajstić information content (AvgIpc) is 3.30. The van der Waals surface area contributed by atoms with Gasteiger partial charge in [-0.2, -0.15) is 0 Å². The fourth-order valence-corrected chi connectivity index (χ4v) is 3.95. The number of carbonyl (C=O) groups excluding carboxylic acids is 1. The Balaban J connectivity index is 1.61. The standard InChI is InChI=1S/C21H19N3O2S/c1-13-19(27-20(23-13)16-9-6-7-11-22-16)21(25)24(3)14(2)18-12-15-8-4-5-10-17(15)26-18/h4-12,14H,1-3H3. The quantitative estimate of drug-likeness (QED) is 0.497. The second kappa shape index (κ2) is 6.96. The zero-order chi connectivity index (χ0) is 19.0. The van der Waals surface area contributed by atoms with E-state index in [0.29, 0.717) is 10.6 Å². The van der Waals surface area contributed by atoms with Crippen LogP contribution in [-0.2, 0) is 0 Å². The monoisotopic (exact) mass is 377 g/mol. The lowest BCUT2D eigenvalue weighted by atomic mass is 10.2. The number of furan rings is 1. The van der Waals surface area contributed by atoms with Crippen LogP contribution < -0.4 is 0 Å². The number of aromatic nitrogens is 2. The van der Waals surface area contributed by atoms with E-state index >= 15 is 0 Å². The van der Waals surface area contributed by atoms with Gasteiger partial charge in [0.05, 0.1) is 17.4 Å². The average molecular weight is 377 g/mol. The maximum Gasteiger partial charge on any atom is 0.266 e. The third-order valence-corrected chi connectivity index (χ3v) is 5.80. The molecule has 0 bridgehead atoms. The molecule has 4 rings (SSSR count). The van der Waals surface area contributed by atoms with Crippen LogP contribution in [0.5, 0.6) is 0 Å². The molecule has 5 nitrogen and oxygen atoms in total. The summed E-state index contributed by atoms with van der Waals surface area (Å²) in [5.41, 5.74) is 2.32. The highest BCUT2D eigenvalue weighted by molar-refractivity contribution is 7.17. The van der Waals surface area contributed by atoms with Crippen molar-refractivity contribution in [1.82, 2.24) is 14.9 Å². The molecule has 3 heterocycles. The number of nitrogens with zero attached hydrogens (tertiary/aromatic N) is 3. The fraction of sp³-hybridized carbons (Fsp3) is 0.190. The number of aryl methyl sites for hydroxylation is 1. The van der Waals surface area contributed by atoms with Crippen molar-refractivity contribution in [2.24, 2.45) is 0 Å². The van der Waals surface area contributed by atoms with E-state index in [1.165, 1.54) is 11.3 Å². The molecule has 136 valence electrons. The van der Waals surface area contributed by atoms with Gasteiger partial charge in [0.25, 0.3) is 5.91 Å². The molecule has 0 N–H and O–H groups in total. The summed E-state index contributed by atoms with van der Waals surface area (Å²) in [5, 5.41) is 1.79. The number of hydrogen-bond donors (Lipinski definition) is 0. The van der Waals surface area contributed by atoms with E-state index < -0.39 is 0 Å². The second-order valence-corrected chi connectivity index (χ2v) is 7.43. The van der Waals surface area contributed by atoms with Crippen molar-refractivity contribution in [3.05, 3.63) is 71.1 Å². The van der Waals surface area contributed by atoms with Gasteiger partial charge in [-0.05, 0) is 38.1 Å². The zero-order valence-electron chi connectivity index (χ0n) is 15.3. The predicted molar refractivity (Wildman–Crippen MR) is 107 cm³/mol. The molecule has 1 amide bonds. The number of amides is 1. The summed E-state index contributed by atoms with van der Waals surface area (Å²) >= 11 is 1.37. The molecule has 1 unspecified atom stereocenters. The summed E-state index contributed by atoms with van der Waals surface area (Å²) in [4.78, 5) is 24.3. The summed E-state index contributed by atoms with van der Waals surface area (Å²) in [6, 6.07) is 15.3. The number of rotatable bonds is 4. The number of fused-ring (bicyclic) bond motifs is 1. The lowest BCUT2D eigenvalue weighted by molar-refractivity contribution is 0.0731. The Morgan fingerprint density at radius 3 is 2.70 bits per heavy atom. The van der Waals surface area contributed by atoms with E-state index in [0.717, 1.165) is 27.4 Å². The van der Waals surface area contributed by atoms with Crippen LogP contribution in [0.2, 0.25) is 0 Å². The van der Waals surface area contributed by atoms with Crippen molar-refractivity contribution in [1.29, 1.82) is 0 Å². The number of hydrogen-bond acceptors (Lipinski definition) is 5. The Bertz CT molecular complexity index is 1070. The third kappa shape index (κ3) is 3.24. The summed E-state index contributed by atoms with van der Waals surface area (Å²) in [7, 11) is 1.79. The predicted octanol–water partition coefficient (Wildman–Crippen LogP) is 5.09. The smallest absolute Gasteiger partial charge is 0.266 e. The molecule has 1 atom stereocenters. The van der Waals surface area contributed by atoms with Crippen molar-refractivity contribution in [3.8, 4) is 10.7 Å². The van der Waals surface area contributed by atoms with Crippen LogP contribution in [0.4, 0.5) is 0 Å². The first-order valence-electron chi connectivity index (χ1n) is 8.69. The van der Waals surface area contributed by atoms with Gasteiger partial charge >= 0.3 is 0 Å². The molecule has 0 aliphatic carbocycles. The van der Waals surface area contributed by atoms with Crippen molar-refractivity contribution in [2.45, 2.75) is 19.9 Å². The van der Waals surface area contributed by atoms with Crippen LogP contribution in [0.15, 0.2) is 59.1 Å². The maximum absolute atomic E-state index is 13.1. The minimum atomic E-state index is -0.190. The number of para-hydroxylation sites is 1. The molecule has 4 aromatic rings. The SMILES string of the molecule is Cc1nc(-c2ccccn2)sc1C(=O)N(C)C(C)c1cc2ccccc2o1. The zero-order valence-corrected chi connectivity index (χ0v) is 16.2. The Kier molecular flexibility index (Phi) is 4.49.